The van der Waals surface area contributed by atoms with E-state index in [0.717, 1.165) is 51.5 Å². The molecule has 0 radical (unpaired) electrons. The van der Waals surface area contributed by atoms with Gasteiger partial charge in [-0.15, -0.1) is 0 Å². The largest absolute Gasteiger partial charge is 0.507 e. The number of nitrogens with zero attached hydrogens (tertiary/aromatic N) is 3. The van der Waals surface area contributed by atoms with Gasteiger partial charge in [-0.25, -0.2) is 9.37 Å². The maximum absolute atomic E-state index is 15.2. The van der Waals surface area contributed by atoms with Crippen molar-refractivity contribution < 1.29 is 61.5 Å². The summed E-state index contributed by atoms with van der Waals surface area (Å²) < 4.78 is 60.0. The van der Waals surface area contributed by atoms with Crippen LogP contribution in [0.2, 0.25) is 0 Å². The van der Waals surface area contributed by atoms with Crippen LogP contribution in [0, 0.1) is 11.6 Å². The maximum Gasteiger partial charge on any atom is 0.325 e. The predicted octanol–water partition coefficient (Wildman–Crippen LogP) is 2.34. The van der Waals surface area contributed by atoms with Gasteiger partial charge in [-0.2, -0.15) is 4.39 Å². The van der Waals surface area contributed by atoms with Gasteiger partial charge in [-0.05, 0) is 30.3 Å². The Balaban J connectivity index is 1.72. The number of ether oxygens (including phenoxy) is 6. The van der Waals surface area contributed by atoms with Crippen molar-refractivity contribution in [2.45, 2.75) is 0 Å². The van der Waals surface area contributed by atoms with Crippen LogP contribution in [-0.2, 0) is 38.1 Å². The van der Waals surface area contributed by atoms with Crippen LogP contribution in [0.4, 0.5) is 20.2 Å². The molecule has 18 heteroatoms. The molecule has 1 heterocycles. The number of halogens is 2. The molecule has 0 aliphatic rings. The third-order valence-corrected chi connectivity index (χ3v) is 7.43. The molecule has 52 heavy (non-hydrogen) atoms. The number of phenols is 1. The molecule has 2 N–H and O–H groups in total. The number of rotatable bonds is 16. The van der Waals surface area contributed by atoms with Gasteiger partial charge in [0.15, 0.2) is 11.6 Å². The van der Waals surface area contributed by atoms with E-state index in [1.54, 1.807) is 24.3 Å². The molecule has 0 amide bonds. The van der Waals surface area contributed by atoms with Crippen LogP contribution < -0.4 is 24.8 Å². The van der Waals surface area contributed by atoms with E-state index in [-0.39, 0.29) is 28.5 Å². The van der Waals surface area contributed by atoms with Crippen LogP contribution in [0.3, 0.4) is 0 Å². The lowest BCUT2D eigenvalue weighted by Crippen LogP contribution is -2.36. The number of phenolic OH excluding ortho intramolecular Hbond substituents is 1. The first-order chi connectivity index (χ1) is 24.9. The number of hydrogen-bond acceptors (Lipinski definition) is 15. The van der Waals surface area contributed by atoms with Crippen molar-refractivity contribution in [2.75, 3.05) is 77.6 Å². The van der Waals surface area contributed by atoms with E-state index in [2.05, 4.69) is 19.4 Å². The van der Waals surface area contributed by atoms with Gasteiger partial charge in [-0.1, -0.05) is 12.1 Å². The lowest BCUT2D eigenvalue weighted by Gasteiger charge is -2.26. The molecule has 0 bridgehead atoms. The molecule has 3 aromatic carbocycles. The zero-order chi connectivity index (χ0) is 37.9. The summed E-state index contributed by atoms with van der Waals surface area (Å²) in [4.78, 5) is 71.0. The zero-order valence-corrected chi connectivity index (χ0v) is 28.4. The summed E-state index contributed by atoms with van der Waals surface area (Å²) in [6.07, 6.45) is 0. The number of H-pyrrole nitrogens is 1. The Labute approximate surface area is 294 Å². The van der Waals surface area contributed by atoms with Crippen LogP contribution in [0.1, 0.15) is 0 Å². The van der Waals surface area contributed by atoms with Crippen LogP contribution in [0.25, 0.3) is 22.3 Å². The number of aromatic hydroxyl groups is 1. The number of aromatic nitrogens is 2. The molecule has 0 atom stereocenters. The summed E-state index contributed by atoms with van der Waals surface area (Å²) in [7, 11) is 4.47. The number of benzene rings is 3. The summed E-state index contributed by atoms with van der Waals surface area (Å²) in [5.74, 6) is -7.09. The number of nitrogens with one attached hydrogen (secondary N) is 1. The monoisotopic (exact) mass is 728 g/mol. The first kappa shape index (κ1) is 38.3. The van der Waals surface area contributed by atoms with Crippen LogP contribution >= 0.6 is 0 Å². The standard InChI is InChI=1S/C34H34F2N4O12/c1-47-27(42)15-39(16-28(43)48-2)23-10-9-21(35)31(36)32(23)52-12-11-51-26-13-20(33-37-22-8-6-5-7-19(22)34(46)38-33)25(41)14-24(26)40(17-29(44)49-3)18-30(45)50-4/h5-10,13-14,41H,11-12,15-18H2,1-4H3,(H,37,38,46). The van der Waals surface area contributed by atoms with E-state index < -0.39 is 92.0 Å². The summed E-state index contributed by atoms with van der Waals surface area (Å²) >= 11 is 0. The SMILES string of the molecule is COC(=O)CN(CC(=O)OC)c1cc(O)c(-c2nc3ccccc3c(=O)[nH]2)cc1OCCOc1c(N(CC(=O)OC)CC(=O)OC)ccc(F)c1F. The van der Waals surface area contributed by atoms with Gasteiger partial charge in [-0.3, -0.25) is 24.0 Å². The second-order valence-electron chi connectivity index (χ2n) is 10.7. The highest BCUT2D eigenvalue weighted by atomic mass is 19.2. The number of fused-ring (bicyclic) bond motifs is 1. The smallest absolute Gasteiger partial charge is 0.325 e. The van der Waals surface area contributed by atoms with E-state index >= 15 is 4.39 Å². The Morgan fingerprint density at radius 1 is 0.750 bits per heavy atom. The highest BCUT2D eigenvalue weighted by Gasteiger charge is 2.26. The molecular formula is C34H34F2N4O12. The van der Waals surface area contributed by atoms with Crippen molar-refractivity contribution >= 4 is 46.2 Å². The lowest BCUT2D eigenvalue weighted by atomic mass is 10.1. The van der Waals surface area contributed by atoms with E-state index in [1.807, 2.05) is 0 Å². The van der Waals surface area contributed by atoms with Crippen molar-refractivity contribution in [2.24, 2.45) is 0 Å². The lowest BCUT2D eigenvalue weighted by molar-refractivity contribution is -0.141. The molecule has 0 aliphatic heterocycles. The summed E-state index contributed by atoms with van der Waals surface area (Å²) in [5, 5.41) is 11.4. The molecule has 1 aromatic heterocycles. The van der Waals surface area contributed by atoms with Crippen molar-refractivity contribution in [1.82, 2.24) is 9.97 Å². The highest BCUT2D eigenvalue weighted by Crippen LogP contribution is 2.40. The third-order valence-electron chi connectivity index (χ3n) is 7.43. The molecule has 4 aromatic rings. The number of aromatic amines is 1. The van der Waals surface area contributed by atoms with E-state index in [9.17, 15) is 33.5 Å². The Morgan fingerprint density at radius 2 is 1.29 bits per heavy atom. The van der Waals surface area contributed by atoms with Crippen LogP contribution in [-0.4, -0.2) is 107 Å². The molecular weight excluding hydrogens is 694 g/mol. The number of anilines is 2. The molecule has 0 saturated heterocycles. The van der Waals surface area contributed by atoms with Gasteiger partial charge in [0.25, 0.3) is 5.56 Å². The molecule has 0 aliphatic carbocycles. The number of para-hydroxylation sites is 1. The second kappa shape index (κ2) is 17.5. The average Bonchev–Trinajstić information content (AvgIpc) is 3.14. The molecule has 276 valence electrons. The van der Waals surface area contributed by atoms with Gasteiger partial charge in [0, 0.05) is 6.07 Å². The van der Waals surface area contributed by atoms with Gasteiger partial charge in [0.05, 0.1) is 56.3 Å². The minimum atomic E-state index is -1.43. The Bertz CT molecular complexity index is 1990. The van der Waals surface area contributed by atoms with Gasteiger partial charge < -0.3 is 48.3 Å². The van der Waals surface area contributed by atoms with E-state index in [1.165, 1.54) is 11.0 Å². The van der Waals surface area contributed by atoms with Crippen molar-refractivity contribution in [1.29, 1.82) is 0 Å². The molecule has 0 fully saturated rings. The molecule has 0 unspecified atom stereocenters. The molecule has 4 rings (SSSR count). The van der Waals surface area contributed by atoms with Crippen molar-refractivity contribution in [3.63, 3.8) is 0 Å². The predicted molar refractivity (Wildman–Crippen MR) is 179 cm³/mol. The number of methoxy groups -OCH3 is 4. The van der Waals surface area contributed by atoms with Gasteiger partial charge in [0.2, 0.25) is 5.82 Å². The Hall–Kier alpha value is -6.46. The fourth-order valence-electron chi connectivity index (χ4n) is 4.86. The summed E-state index contributed by atoms with van der Waals surface area (Å²) in [5.41, 5.74) is -0.395. The summed E-state index contributed by atoms with van der Waals surface area (Å²) in [6.45, 7) is -3.00. The fraction of sp³-hybridized carbons (Fsp3) is 0.294. The topological polar surface area (TPSA) is 196 Å². The average molecular weight is 729 g/mol. The molecule has 16 nitrogen and oxygen atoms in total. The number of carbonyl (C=O) groups is 4. The zero-order valence-electron chi connectivity index (χ0n) is 28.4. The quantitative estimate of drug-likeness (QED) is 0.0968. The van der Waals surface area contributed by atoms with Gasteiger partial charge >= 0.3 is 23.9 Å². The first-order valence-electron chi connectivity index (χ1n) is 15.3. The van der Waals surface area contributed by atoms with E-state index in [0.29, 0.717) is 10.9 Å². The number of carbonyl (C=O) groups excluding carboxylic acids is 4. The minimum Gasteiger partial charge on any atom is -0.507 e. The normalized spacial score (nSPS) is 10.7. The second-order valence-corrected chi connectivity index (χ2v) is 10.7. The van der Waals surface area contributed by atoms with E-state index in [4.69, 9.17) is 18.9 Å². The van der Waals surface area contributed by atoms with Crippen LogP contribution in [0.15, 0.2) is 53.3 Å². The molecule has 0 saturated carbocycles. The summed E-state index contributed by atoms with van der Waals surface area (Å²) in [6, 6.07) is 10.8. The van der Waals surface area contributed by atoms with Crippen LogP contribution in [0.5, 0.6) is 17.2 Å². The fourth-order valence-corrected chi connectivity index (χ4v) is 4.86. The Kier molecular flexibility index (Phi) is 12.9. The third kappa shape index (κ3) is 9.20. The van der Waals surface area contributed by atoms with Crippen molar-refractivity contribution in [3.05, 3.63) is 70.5 Å². The number of hydrogen-bond donors (Lipinski definition) is 2. The maximum atomic E-state index is 15.2. The molecule has 0 spiro atoms. The number of esters is 4. The first-order valence-corrected chi connectivity index (χ1v) is 15.3. The minimum absolute atomic E-state index is 0.0138. The highest BCUT2D eigenvalue weighted by molar-refractivity contribution is 5.86. The Morgan fingerprint density at radius 3 is 1.87 bits per heavy atom. The van der Waals surface area contributed by atoms with Gasteiger partial charge in [0.1, 0.15) is 56.7 Å². The van der Waals surface area contributed by atoms with Crippen molar-refractivity contribution in [3.8, 4) is 28.6 Å².